The first-order chi connectivity index (χ1) is 15.0. The minimum absolute atomic E-state index is 0.137. The van der Waals surface area contributed by atoms with E-state index in [0.717, 1.165) is 46.5 Å². The maximum absolute atomic E-state index is 12.9. The molecule has 1 amide bonds. The summed E-state index contributed by atoms with van der Waals surface area (Å²) in [5.41, 5.74) is 2.58. The highest BCUT2D eigenvalue weighted by Crippen LogP contribution is 2.38. The van der Waals surface area contributed by atoms with E-state index in [-0.39, 0.29) is 11.7 Å². The van der Waals surface area contributed by atoms with Crippen molar-refractivity contribution < 1.29 is 4.79 Å². The van der Waals surface area contributed by atoms with Gasteiger partial charge in [0.05, 0.1) is 16.2 Å². The number of rotatable bonds is 7. The van der Waals surface area contributed by atoms with Crippen LogP contribution in [0.2, 0.25) is 0 Å². The van der Waals surface area contributed by atoms with Gasteiger partial charge in [-0.25, -0.2) is 0 Å². The molecule has 1 aliphatic rings. The first-order valence-electron chi connectivity index (χ1n) is 10.6. The Bertz CT molecular complexity index is 1120. The molecule has 7 nitrogen and oxygen atoms in total. The highest BCUT2D eigenvalue weighted by atomic mass is 32.2. The number of thioether (sulfide) groups is 1. The van der Waals surface area contributed by atoms with Crippen LogP contribution in [0.1, 0.15) is 55.5 Å². The minimum Gasteiger partial charge on any atom is -0.327 e. The molecule has 4 rings (SSSR count). The van der Waals surface area contributed by atoms with Gasteiger partial charge in [-0.2, -0.15) is 5.26 Å². The summed E-state index contributed by atoms with van der Waals surface area (Å²) in [7, 11) is 0. The van der Waals surface area contributed by atoms with Gasteiger partial charge in [-0.05, 0) is 50.6 Å². The standard InChI is InChI=1S/C22H26N6OS2/c1-4-27-21(18-10-7-11-30-18)25-26-22(27)31-13-19(29)24-20-17(12-23)14(2)15(3)28(20)16-8-5-6-9-16/h7,10-11,16H,4-6,8-9,13H2,1-3H3,(H,24,29). The lowest BCUT2D eigenvalue weighted by molar-refractivity contribution is -0.113. The van der Waals surface area contributed by atoms with Gasteiger partial charge in [0.15, 0.2) is 11.0 Å². The molecule has 3 aromatic heterocycles. The van der Waals surface area contributed by atoms with Gasteiger partial charge in [-0.3, -0.25) is 4.79 Å². The monoisotopic (exact) mass is 454 g/mol. The molecule has 3 heterocycles. The fraction of sp³-hybridized carbons (Fsp3) is 0.455. The number of carbonyl (C=O) groups is 1. The predicted molar refractivity (Wildman–Crippen MR) is 124 cm³/mol. The van der Waals surface area contributed by atoms with E-state index in [1.807, 2.05) is 42.9 Å². The third-order valence-corrected chi connectivity index (χ3v) is 7.76. The van der Waals surface area contributed by atoms with Crippen LogP contribution in [-0.2, 0) is 11.3 Å². The largest absolute Gasteiger partial charge is 0.327 e. The van der Waals surface area contributed by atoms with Crippen LogP contribution >= 0.6 is 23.1 Å². The average molecular weight is 455 g/mol. The number of anilines is 1. The lowest BCUT2D eigenvalue weighted by Gasteiger charge is -2.19. The lowest BCUT2D eigenvalue weighted by Crippen LogP contribution is -2.20. The van der Waals surface area contributed by atoms with Crippen LogP contribution in [-0.4, -0.2) is 31.0 Å². The molecular formula is C22H26N6OS2. The Morgan fingerprint density at radius 3 is 2.77 bits per heavy atom. The Balaban J connectivity index is 1.51. The molecule has 162 valence electrons. The first kappa shape index (κ1) is 21.7. The molecule has 0 aromatic carbocycles. The summed E-state index contributed by atoms with van der Waals surface area (Å²) in [4.78, 5) is 13.9. The van der Waals surface area contributed by atoms with Gasteiger partial charge < -0.3 is 14.5 Å². The molecule has 1 saturated carbocycles. The second-order valence-corrected chi connectivity index (χ2v) is 9.61. The molecule has 0 spiro atoms. The van der Waals surface area contributed by atoms with Gasteiger partial charge in [0.25, 0.3) is 0 Å². The van der Waals surface area contributed by atoms with E-state index in [4.69, 9.17) is 0 Å². The number of nitrogens with one attached hydrogen (secondary N) is 1. The summed E-state index contributed by atoms with van der Waals surface area (Å²) >= 11 is 2.99. The molecule has 0 aliphatic heterocycles. The van der Waals surface area contributed by atoms with Crippen LogP contribution in [0, 0.1) is 25.2 Å². The van der Waals surface area contributed by atoms with E-state index in [1.54, 1.807) is 11.3 Å². The number of thiophene rings is 1. The van der Waals surface area contributed by atoms with E-state index >= 15 is 0 Å². The molecule has 0 atom stereocenters. The van der Waals surface area contributed by atoms with Crippen LogP contribution in [0.25, 0.3) is 10.7 Å². The van der Waals surface area contributed by atoms with Crippen LogP contribution in [0.3, 0.4) is 0 Å². The second-order valence-electron chi connectivity index (χ2n) is 7.72. The quantitative estimate of drug-likeness (QED) is 0.498. The van der Waals surface area contributed by atoms with Crippen molar-refractivity contribution in [3.8, 4) is 16.8 Å². The summed E-state index contributed by atoms with van der Waals surface area (Å²) in [6, 6.07) is 6.66. The molecule has 0 unspecified atom stereocenters. The zero-order chi connectivity index (χ0) is 22.0. The Kier molecular flexibility index (Phi) is 6.49. The molecule has 1 N–H and O–H groups in total. The maximum atomic E-state index is 12.9. The summed E-state index contributed by atoms with van der Waals surface area (Å²) in [6.07, 6.45) is 4.54. The normalized spacial score (nSPS) is 14.1. The van der Waals surface area contributed by atoms with Gasteiger partial charge in [-0.15, -0.1) is 21.5 Å². The van der Waals surface area contributed by atoms with Crippen molar-refractivity contribution >= 4 is 34.8 Å². The van der Waals surface area contributed by atoms with Crippen molar-refractivity contribution in [1.29, 1.82) is 5.26 Å². The van der Waals surface area contributed by atoms with Crippen molar-refractivity contribution in [3.63, 3.8) is 0 Å². The molecule has 3 aromatic rings. The molecule has 9 heteroatoms. The molecular weight excluding hydrogens is 428 g/mol. The third-order valence-electron chi connectivity index (χ3n) is 5.92. The summed E-state index contributed by atoms with van der Waals surface area (Å²) in [5, 5.41) is 24.1. The van der Waals surface area contributed by atoms with Crippen LogP contribution in [0.15, 0.2) is 22.7 Å². The molecule has 31 heavy (non-hydrogen) atoms. The smallest absolute Gasteiger partial charge is 0.235 e. The van der Waals surface area contributed by atoms with E-state index in [9.17, 15) is 10.1 Å². The summed E-state index contributed by atoms with van der Waals surface area (Å²) in [6.45, 7) is 6.77. The van der Waals surface area contributed by atoms with E-state index in [1.165, 1.54) is 24.6 Å². The highest BCUT2D eigenvalue weighted by Gasteiger charge is 2.27. The second kappa shape index (κ2) is 9.28. The fourth-order valence-electron chi connectivity index (χ4n) is 4.27. The van der Waals surface area contributed by atoms with Crippen LogP contribution in [0.4, 0.5) is 5.82 Å². The number of carbonyl (C=O) groups excluding carboxylic acids is 1. The van der Waals surface area contributed by atoms with Gasteiger partial charge in [0, 0.05) is 18.3 Å². The first-order valence-corrected chi connectivity index (χ1v) is 12.4. The Hall–Kier alpha value is -2.57. The topological polar surface area (TPSA) is 88.5 Å². The summed E-state index contributed by atoms with van der Waals surface area (Å²) < 4.78 is 4.20. The fourth-order valence-corrected chi connectivity index (χ4v) is 5.79. The van der Waals surface area contributed by atoms with Gasteiger partial charge in [0.1, 0.15) is 11.9 Å². The minimum atomic E-state index is -0.137. The van der Waals surface area contributed by atoms with Crippen molar-refractivity contribution in [1.82, 2.24) is 19.3 Å². The maximum Gasteiger partial charge on any atom is 0.235 e. The van der Waals surface area contributed by atoms with Crippen molar-refractivity contribution in [3.05, 3.63) is 34.3 Å². The molecule has 0 bridgehead atoms. The zero-order valence-electron chi connectivity index (χ0n) is 18.0. The Morgan fingerprint density at radius 2 is 2.13 bits per heavy atom. The number of hydrogen-bond acceptors (Lipinski definition) is 6. The summed E-state index contributed by atoms with van der Waals surface area (Å²) in [5.74, 6) is 1.54. The number of hydrogen-bond donors (Lipinski definition) is 1. The average Bonchev–Trinajstić information content (AvgIpc) is 3.55. The van der Waals surface area contributed by atoms with Gasteiger partial charge >= 0.3 is 0 Å². The molecule has 0 saturated heterocycles. The van der Waals surface area contributed by atoms with Crippen LogP contribution < -0.4 is 5.32 Å². The van der Waals surface area contributed by atoms with Gasteiger partial charge in [-0.1, -0.05) is 30.7 Å². The number of aromatic nitrogens is 4. The zero-order valence-corrected chi connectivity index (χ0v) is 19.6. The van der Waals surface area contributed by atoms with Crippen molar-refractivity contribution in [2.75, 3.05) is 11.1 Å². The number of nitriles is 1. The lowest BCUT2D eigenvalue weighted by atomic mass is 10.2. The highest BCUT2D eigenvalue weighted by molar-refractivity contribution is 7.99. The van der Waals surface area contributed by atoms with Crippen molar-refractivity contribution in [2.45, 2.75) is 64.2 Å². The number of amides is 1. The van der Waals surface area contributed by atoms with E-state index in [0.29, 0.717) is 17.4 Å². The predicted octanol–water partition coefficient (Wildman–Crippen LogP) is 5.16. The van der Waals surface area contributed by atoms with E-state index in [2.05, 4.69) is 26.2 Å². The van der Waals surface area contributed by atoms with Crippen LogP contribution in [0.5, 0.6) is 0 Å². The molecule has 1 aliphatic carbocycles. The van der Waals surface area contributed by atoms with Crippen molar-refractivity contribution in [2.24, 2.45) is 0 Å². The number of nitrogens with zero attached hydrogens (tertiary/aromatic N) is 5. The molecule has 1 fully saturated rings. The Labute approximate surface area is 190 Å². The van der Waals surface area contributed by atoms with Gasteiger partial charge in [0.2, 0.25) is 5.91 Å². The SMILES string of the molecule is CCn1c(SCC(=O)Nc2c(C#N)c(C)c(C)n2C2CCCC2)nnc1-c1cccs1. The Morgan fingerprint density at radius 1 is 1.35 bits per heavy atom. The molecule has 0 radical (unpaired) electrons. The third kappa shape index (κ3) is 4.14. The van der Waals surface area contributed by atoms with E-state index < -0.39 is 0 Å².